The van der Waals surface area contributed by atoms with Crippen LogP contribution in [0.3, 0.4) is 0 Å². The standard InChI is InChI=1S/C17H16Cl2N2O6/c1-17(25-3,15(22)21-16(23)24-2)27-12-6-4-11(5-7-12)26-14-13(19)8-10(18)9-20-14/h4-9H,1-3H3,(H,21,22,23). The Hall–Kier alpha value is -2.55. The van der Waals surface area contributed by atoms with Gasteiger partial charge in [-0.3, -0.25) is 10.1 Å². The molecule has 0 aliphatic carbocycles. The van der Waals surface area contributed by atoms with E-state index < -0.39 is 17.8 Å². The van der Waals surface area contributed by atoms with Crippen LogP contribution in [0.2, 0.25) is 10.0 Å². The molecular weight excluding hydrogens is 399 g/mol. The minimum atomic E-state index is -1.75. The van der Waals surface area contributed by atoms with Crippen molar-refractivity contribution in [2.24, 2.45) is 0 Å². The molecule has 0 radical (unpaired) electrons. The number of nitrogens with one attached hydrogen (secondary N) is 1. The lowest BCUT2D eigenvalue weighted by atomic mass is 10.2. The summed E-state index contributed by atoms with van der Waals surface area (Å²) in [5, 5.41) is 2.64. The molecule has 1 aromatic heterocycles. The fourth-order valence-corrected chi connectivity index (χ4v) is 2.25. The number of halogens is 2. The number of hydrogen-bond donors (Lipinski definition) is 1. The van der Waals surface area contributed by atoms with Crippen molar-refractivity contribution in [3.8, 4) is 17.4 Å². The van der Waals surface area contributed by atoms with Crippen molar-refractivity contribution < 1.29 is 28.5 Å². The maximum Gasteiger partial charge on any atom is 0.413 e. The number of alkyl carbamates (subject to hydrolysis) is 1. The zero-order valence-electron chi connectivity index (χ0n) is 14.6. The van der Waals surface area contributed by atoms with E-state index in [4.69, 9.17) is 37.4 Å². The third-order valence-corrected chi connectivity index (χ3v) is 3.81. The second kappa shape index (κ2) is 8.90. The fraction of sp³-hybridized carbons (Fsp3) is 0.235. The Bertz CT molecular complexity index is 831. The average Bonchev–Trinajstić information content (AvgIpc) is 2.65. The minimum Gasteiger partial charge on any atom is -0.453 e. The molecule has 0 spiro atoms. The van der Waals surface area contributed by atoms with Gasteiger partial charge in [-0.15, -0.1) is 0 Å². The lowest BCUT2D eigenvalue weighted by molar-refractivity contribution is -0.178. The van der Waals surface area contributed by atoms with E-state index in [1.54, 1.807) is 24.3 Å². The normalized spacial score (nSPS) is 12.6. The highest BCUT2D eigenvalue weighted by atomic mass is 35.5. The highest BCUT2D eigenvalue weighted by Crippen LogP contribution is 2.30. The Morgan fingerprint density at radius 3 is 2.30 bits per heavy atom. The fourth-order valence-electron chi connectivity index (χ4n) is 1.83. The molecule has 0 aliphatic heterocycles. The van der Waals surface area contributed by atoms with Gasteiger partial charge in [-0.2, -0.15) is 0 Å². The monoisotopic (exact) mass is 414 g/mol. The summed E-state index contributed by atoms with van der Waals surface area (Å²) in [6.45, 7) is 1.35. The van der Waals surface area contributed by atoms with Gasteiger partial charge in [-0.1, -0.05) is 23.2 Å². The number of methoxy groups -OCH3 is 2. The zero-order chi connectivity index (χ0) is 20.0. The van der Waals surface area contributed by atoms with E-state index in [1.807, 2.05) is 5.32 Å². The van der Waals surface area contributed by atoms with Gasteiger partial charge in [0, 0.05) is 20.2 Å². The molecule has 0 saturated heterocycles. The average molecular weight is 415 g/mol. The SMILES string of the molecule is COC(=O)NC(=O)C(C)(OC)Oc1ccc(Oc2ncc(Cl)cc2Cl)cc1. The molecule has 8 nitrogen and oxygen atoms in total. The molecule has 2 amide bonds. The number of nitrogens with zero attached hydrogens (tertiary/aromatic N) is 1. The van der Waals surface area contributed by atoms with Gasteiger partial charge in [0.2, 0.25) is 5.88 Å². The molecule has 1 aromatic carbocycles. The van der Waals surface area contributed by atoms with E-state index in [9.17, 15) is 9.59 Å². The lowest BCUT2D eigenvalue weighted by Crippen LogP contribution is -2.52. The predicted octanol–water partition coefficient (Wildman–Crippen LogP) is 3.80. The molecule has 2 rings (SSSR count). The summed E-state index contributed by atoms with van der Waals surface area (Å²) in [5.41, 5.74) is 0. The van der Waals surface area contributed by atoms with Crippen molar-refractivity contribution in [1.82, 2.24) is 10.3 Å². The Morgan fingerprint density at radius 1 is 1.11 bits per heavy atom. The topological polar surface area (TPSA) is 96.0 Å². The maximum atomic E-state index is 12.1. The molecular formula is C17H16Cl2N2O6. The molecule has 27 heavy (non-hydrogen) atoms. The number of aromatic nitrogens is 1. The van der Waals surface area contributed by atoms with Crippen LogP contribution in [0.15, 0.2) is 36.5 Å². The van der Waals surface area contributed by atoms with Crippen molar-refractivity contribution >= 4 is 35.2 Å². The first-order chi connectivity index (χ1) is 12.8. The summed E-state index contributed by atoms with van der Waals surface area (Å²) in [6.07, 6.45) is 0.479. The number of carbonyl (C=O) groups excluding carboxylic acids is 2. The number of imide groups is 1. The van der Waals surface area contributed by atoms with E-state index >= 15 is 0 Å². The van der Waals surface area contributed by atoms with Crippen molar-refractivity contribution in [2.45, 2.75) is 12.7 Å². The number of rotatable bonds is 6. The van der Waals surface area contributed by atoms with Crippen LogP contribution in [0, 0.1) is 0 Å². The number of hydrogen-bond acceptors (Lipinski definition) is 7. The summed E-state index contributed by atoms with van der Waals surface area (Å²) in [6, 6.07) is 7.75. The molecule has 0 saturated carbocycles. The van der Waals surface area contributed by atoms with E-state index in [1.165, 1.54) is 26.3 Å². The Kier molecular flexibility index (Phi) is 6.84. The highest BCUT2D eigenvalue weighted by Gasteiger charge is 2.37. The smallest absolute Gasteiger partial charge is 0.413 e. The summed E-state index contributed by atoms with van der Waals surface area (Å²) >= 11 is 11.8. The van der Waals surface area contributed by atoms with Crippen LogP contribution in [0.4, 0.5) is 4.79 Å². The molecule has 144 valence electrons. The molecule has 1 atom stereocenters. The number of pyridine rings is 1. The van der Waals surface area contributed by atoms with Crippen LogP contribution in [0.5, 0.6) is 17.4 Å². The number of amides is 2. The van der Waals surface area contributed by atoms with Gasteiger partial charge in [0.1, 0.15) is 16.5 Å². The summed E-state index contributed by atoms with van der Waals surface area (Å²) in [7, 11) is 2.40. The summed E-state index contributed by atoms with van der Waals surface area (Å²) in [5.74, 6) is -1.67. The largest absolute Gasteiger partial charge is 0.453 e. The van der Waals surface area contributed by atoms with Gasteiger partial charge in [-0.05, 0) is 30.3 Å². The summed E-state index contributed by atoms with van der Waals surface area (Å²) < 4.78 is 20.6. The first-order valence-electron chi connectivity index (χ1n) is 7.50. The van der Waals surface area contributed by atoms with Crippen LogP contribution >= 0.6 is 23.2 Å². The molecule has 0 fully saturated rings. The lowest BCUT2D eigenvalue weighted by Gasteiger charge is -2.27. The predicted molar refractivity (Wildman–Crippen MR) is 97.4 cm³/mol. The second-order valence-corrected chi connectivity index (χ2v) is 6.06. The minimum absolute atomic E-state index is 0.189. The molecule has 1 unspecified atom stereocenters. The quantitative estimate of drug-likeness (QED) is 0.717. The Labute approximate surface area is 165 Å². The van der Waals surface area contributed by atoms with E-state index in [2.05, 4.69) is 9.72 Å². The second-order valence-electron chi connectivity index (χ2n) is 5.21. The van der Waals surface area contributed by atoms with E-state index in [0.717, 1.165) is 7.11 Å². The maximum absolute atomic E-state index is 12.1. The summed E-state index contributed by atoms with van der Waals surface area (Å²) in [4.78, 5) is 27.3. The van der Waals surface area contributed by atoms with Gasteiger partial charge in [0.05, 0.1) is 12.1 Å². The van der Waals surface area contributed by atoms with Crippen molar-refractivity contribution in [1.29, 1.82) is 0 Å². The van der Waals surface area contributed by atoms with Gasteiger partial charge in [0.25, 0.3) is 5.79 Å². The third-order valence-electron chi connectivity index (χ3n) is 3.33. The van der Waals surface area contributed by atoms with Gasteiger partial charge in [0.15, 0.2) is 0 Å². The number of carbonyl (C=O) groups is 2. The van der Waals surface area contributed by atoms with Crippen LogP contribution in [0.25, 0.3) is 0 Å². The van der Waals surface area contributed by atoms with Crippen molar-refractivity contribution in [2.75, 3.05) is 14.2 Å². The third kappa shape index (κ3) is 5.46. The molecule has 2 aromatic rings. The molecule has 0 aliphatic rings. The van der Waals surface area contributed by atoms with E-state index in [-0.39, 0.29) is 10.9 Å². The van der Waals surface area contributed by atoms with Gasteiger partial charge in [-0.25, -0.2) is 9.78 Å². The molecule has 0 bridgehead atoms. The van der Waals surface area contributed by atoms with Crippen LogP contribution in [-0.2, 0) is 14.3 Å². The Balaban J connectivity index is 2.09. The first kappa shape index (κ1) is 20.8. The molecule has 1 heterocycles. The zero-order valence-corrected chi connectivity index (χ0v) is 16.1. The molecule has 10 heteroatoms. The van der Waals surface area contributed by atoms with Crippen molar-refractivity contribution in [3.05, 3.63) is 46.6 Å². The first-order valence-corrected chi connectivity index (χ1v) is 8.25. The van der Waals surface area contributed by atoms with Crippen LogP contribution in [0.1, 0.15) is 6.92 Å². The van der Waals surface area contributed by atoms with Crippen molar-refractivity contribution in [3.63, 3.8) is 0 Å². The van der Waals surface area contributed by atoms with Gasteiger partial charge >= 0.3 is 12.0 Å². The Morgan fingerprint density at radius 2 is 1.74 bits per heavy atom. The van der Waals surface area contributed by atoms with Crippen LogP contribution in [-0.4, -0.2) is 37.0 Å². The molecule has 1 N–H and O–H groups in total. The van der Waals surface area contributed by atoms with E-state index in [0.29, 0.717) is 16.5 Å². The van der Waals surface area contributed by atoms with Crippen LogP contribution < -0.4 is 14.8 Å². The number of ether oxygens (including phenoxy) is 4. The highest BCUT2D eigenvalue weighted by molar-refractivity contribution is 6.35. The van der Waals surface area contributed by atoms with Gasteiger partial charge < -0.3 is 18.9 Å². The number of benzene rings is 1.